The van der Waals surface area contributed by atoms with Crippen LogP contribution in [-0.4, -0.2) is 91.1 Å². The molecule has 6 heterocycles. The molecule has 0 aliphatic rings. The van der Waals surface area contributed by atoms with E-state index in [9.17, 15) is 84.6 Å². The number of carboxylic acid groups (broad SMARTS) is 1. The minimum Gasteiger partial charge on any atom is -0.495 e. The molecule has 0 unspecified atom stereocenters. The molecule has 6 aromatic rings. The maximum Gasteiger partial charge on any atom is 0.455 e. The van der Waals surface area contributed by atoms with Gasteiger partial charge in [-0.1, -0.05) is 0 Å². The average molecular weight is 1010 g/mol. The molecule has 6 aromatic heterocycles. The quantitative estimate of drug-likeness (QED) is 0.170. The highest BCUT2D eigenvalue weighted by Gasteiger charge is 2.58. The van der Waals surface area contributed by atoms with E-state index in [1.165, 1.54) is 7.11 Å². The largest absolute Gasteiger partial charge is 0.495 e. The SMILES string of the molecule is Br.CC(=O)O.COc1cnn2c(=O)c(-c3cnn(CC(F)(F)C(F)(F)F)c3)c(C(F)(F)F)nc2c1.O=c1cnn2c(=O)c(-c3cnn(CC(F)(F)C(F)(F)F)c3)c(C(F)(F)F)[nH]c2c1. The summed E-state index contributed by atoms with van der Waals surface area (Å²) in [5.41, 5.74) is -11.6. The number of aromatic amines is 1. The van der Waals surface area contributed by atoms with Crippen molar-refractivity contribution in [3.8, 4) is 28.0 Å². The Morgan fingerprint density at radius 2 is 1.12 bits per heavy atom. The zero-order valence-corrected chi connectivity index (χ0v) is 32.7. The van der Waals surface area contributed by atoms with Crippen LogP contribution in [0.5, 0.6) is 5.75 Å². The van der Waals surface area contributed by atoms with Crippen LogP contribution in [0.25, 0.3) is 33.5 Å². The summed E-state index contributed by atoms with van der Waals surface area (Å²) in [6, 6.07) is 1.67. The summed E-state index contributed by atoms with van der Waals surface area (Å²) in [7, 11) is 1.20. The second-order valence-corrected chi connectivity index (χ2v) is 12.2. The van der Waals surface area contributed by atoms with Gasteiger partial charge in [0.15, 0.2) is 11.3 Å². The van der Waals surface area contributed by atoms with Crippen LogP contribution < -0.4 is 21.3 Å². The predicted molar refractivity (Wildman–Crippen MR) is 186 cm³/mol. The number of carboxylic acids is 1. The molecule has 0 radical (unpaired) electrons. The molecule has 0 saturated heterocycles. The monoisotopic (exact) mass is 1010 g/mol. The third kappa shape index (κ3) is 11.5. The lowest BCUT2D eigenvalue weighted by atomic mass is 10.1. The van der Waals surface area contributed by atoms with Crippen molar-refractivity contribution in [2.24, 2.45) is 0 Å². The molecule has 33 heteroatoms. The van der Waals surface area contributed by atoms with Gasteiger partial charge in [-0.15, -0.1) is 17.0 Å². The van der Waals surface area contributed by atoms with E-state index in [-0.39, 0.29) is 32.1 Å². The number of methoxy groups -OCH3 is 1. The Morgan fingerprint density at radius 3 is 1.56 bits per heavy atom. The number of hydrogen-bond acceptors (Lipinski definition) is 10. The van der Waals surface area contributed by atoms with E-state index in [1.807, 2.05) is 4.98 Å². The highest BCUT2D eigenvalue weighted by Crippen LogP contribution is 2.39. The first-order valence-corrected chi connectivity index (χ1v) is 16.1. The first-order chi connectivity index (χ1) is 28.7. The Morgan fingerprint density at radius 1 is 0.672 bits per heavy atom. The van der Waals surface area contributed by atoms with E-state index < -0.39 is 117 Å². The summed E-state index contributed by atoms with van der Waals surface area (Å²) in [4.78, 5) is 50.5. The number of carbonyl (C=O) groups is 1. The number of halogens is 17. The number of nitrogens with one attached hydrogen (secondary N) is 1. The molecule has 6 rings (SSSR count). The topological polar surface area (TPSA) is 197 Å². The van der Waals surface area contributed by atoms with Gasteiger partial charge in [0.25, 0.3) is 17.1 Å². The lowest BCUT2D eigenvalue weighted by Gasteiger charge is -2.19. The van der Waals surface area contributed by atoms with Crippen LogP contribution in [-0.2, 0) is 30.2 Å². The van der Waals surface area contributed by atoms with Gasteiger partial charge in [-0.05, 0) is 0 Å². The van der Waals surface area contributed by atoms with Crippen molar-refractivity contribution >= 4 is 34.2 Å². The molecule has 16 nitrogen and oxygen atoms in total. The maximum absolute atomic E-state index is 13.5. The van der Waals surface area contributed by atoms with Gasteiger partial charge in [0, 0.05) is 42.6 Å². The van der Waals surface area contributed by atoms with Gasteiger partial charge in [0.05, 0.1) is 43.0 Å². The number of ether oxygens (including phenoxy) is 1. The Labute approximate surface area is 351 Å². The van der Waals surface area contributed by atoms with Gasteiger partial charge in [-0.25, -0.2) is 4.98 Å². The highest BCUT2D eigenvalue weighted by molar-refractivity contribution is 8.93. The first-order valence-electron chi connectivity index (χ1n) is 16.1. The fraction of sp³-hybridized carbons (Fsp3) is 0.323. The van der Waals surface area contributed by atoms with E-state index in [2.05, 4.69) is 25.4 Å². The fourth-order valence-electron chi connectivity index (χ4n) is 4.88. The van der Waals surface area contributed by atoms with Crippen molar-refractivity contribution in [3.63, 3.8) is 0 Å². The Hall–Kier alpha value is -6.57. The van der Waals surface area contributed by atoms with Crippen molar-refractivity contribution in [1.82, 2.24) is 48.8 Å². The van der Waals surface area contributed by atoms with Gasteiger partial charge < -0.3 is 14.8 Å². The predicted octanol–water partition coefficient (Wildman–Crippen LogP) is 6.31. The fourth-order valence-corrected chi connectivity index (χ4v) is 4.88. The number of alkyl halides is 16. The molecule has 0 atom stereocenters. The standard InChI is InChI=1S/C15H9F8N5O2.C14H7F8N5O2.C2H4O2.BrH/c1-30-8-2-9-26-11(14(18,19)20)10(12(29)28(9)25-4-8)7-3-24-27(5-7)6-13(16,17)15(21,22)23;15-12(16,14(20,21)22)5-26-4-6(2-23-26)9-10(13(17,18)19)25-8-1-7(28)3-24-27(8)11(9)29;1-2(3)4;/h2-5H,6H2,1H3;1-4,25H,5H2;1H3,(H,3,4);1H. The van der Waals surface area contributed by atoms with Gasteiger partial charge in [-0.3, -0.25) is 28.5 Å². The molecular weight excluding hydrogens is 992 g/mol. The lowest BCUT2D eigenvalue weighted by Crippen LogP contribution is -2.40. The zero-order chi connectivity index (χ0) is 47.8. The zero-order valence-electron chi connectivity index (χ0n) is 31.0. The second-order valence-electron chi connectivity index (χ2n) is 12.2. The Kier molecular flexibility index (Phi) is 14.8. The molecule has 0 spiro atoms. The first kappa shape index (κ1) is 51.8. The molecule has 2 N–H and O–H groups in total. The van der Waals surface area contributed by atoms with Gasteiger partial charge >= 0.3 is 36.6 Å². The van der Waals surface area contributed by atoms with E-state index in [1.54, 1.807) is 0 Å². The molecule has 0 amide bonds. The maximum atomic E-state index is 13.5. The normalized spacial score (nSPS) is 12.5. The van der Waals surface area contributed by atoms with Crippen molar-refractivity contribution in [2.45, 2.75) is 56.6 Å². The summed E-state index contributed by atoms with van der Waals surface area (Å²) in [6.07, 6.45) is -18.5. The Balaban J connectivity index is 0.000000310. The van der Waals surface area contributed by atoms with E-state index in [0.29, 0.717) is 46.1 Å². The van der Waals surface area contributed by atoms with E-state index in [4.69, 9.17) is 14.6 Å². The number of fused-ring (bicyclic) bond motifs is 2. The summed E-state index contributed by atoms with van der Waals surface area (Å²) in [6.45, 7) is -2.91. The molecule has 350 valence electrons. The molecule has 0 aliphatic heterocycles. The summed E-state index contributed by atoms with van der Waals surface area (Å²) >= 11 is 0. The molecule has 64 heavy (non-hydrogen) atoms. The van der Waals surface area contributed by atoms with Crippen LogP contribution in [0.2, 0.25) is 0 Å². The molecule has 0 saturated carbocycles. The molecule has 0 bridgehead atoms. The van der Waals surface area contributed by atoms with Gasteiger partial charge in [-0.2, -0.15) is 99.7 Å². The summed E-state index contributed by atoms with van der Waals surface area (Å²) < 4.78 is 213. The van der Waals surface area contributed by atoms with Crippen LogP contribution in [0, 0.1) is 0 Å². The van der Waals surface area contributed by atoms with E-state index in [0.717, 1.165) is 19.2 Å². The van der Waals surface area contributed by atoms with Gasteiger partial charge in [0.1, 0.15) is 30.2 Å². The van der Waals surface area contributed by atoms with Crippen LogP contribution in [0.3, 0.4) is 0 Å². The number of aliphatic carboxylic acids is 1. The number of aromatic nitrogens is 10. The Bertz CT molecular complexity index is 2820. The second kappa shape index (κ2) is 18.3. The number of rotatable bonds is 7. The summed E-state index contributed by atoms with van der Waals surface area (Å²) in [5, 5.41) is 20.8. The molecular formula is C31H21BrF16N10O6. The van der Waals surface area contributed by atoms with Crippen molar-refractivity contribution in [3.05, 3.63) is 91.6 Å². The molecule has 0 fully saturated rings. The molecule has 0 aromatic carbocycles. The third-order valence-electron chi connectivity index (χ3n) is 7.56. The van der Waals surface area contributed by atoms with Crippen LogP contribution >= 0.6 is 17.0 Å². The third-order valence-corrected chi connectivity index (χ3v) is 7.56. The van der Waals surface area contributed by atoms with Crippen LogP contribution in [0.1, 0.15) is 18.3 Å². The minimum atomic E-state index is -5.91. The van der Waals surface area contributed by atoms with E-state index >= 15 is 0 Å². The minimum absolute atomic E-state index is 0. The highest BCUT2D eigenvalue weighted by atomic mass is 79.9. The number of nitrogens with zero attached hydrogens (tertiary/aromatic N) is 9. The number of hydrogen-bond donors (Lipinski definition) is 2. The molecule has 0 aliphatic carbocycles. The van der Waals surface area contributed by atoms with Crippen molar-refractivity contribution in [2.75, 3.05) is 7.11 Å². The lowest BCUT2D eigenvalue weighted by molar-refractivity contribution is -0.287. The van der Waals surface area contributed by atoms with Gasteiger partial charge in [0.2, 0.25) is 5.43 Å². The smallest absolute Gasteiger partial charge is 0.455 e. The van der Waals surface area contributed by atoms with Crippen molar-refractivity contribution < 1.29 is 84.9 Å². The van der Waals surface area contributed by atoms with Crippen LogP contribution in [0.4, 0.5) is 70.2 Å². The average Bonchev–Trinajstić information content (AvgIpc) is 3.78. The van der Waals surface area contributed by atoms with Crippen molar-refractivity contribution in [1.29, 1.82) is 0 Å². The summed E-state index contributed by atoms with van der Waals surface area (Å²) in [5.74, 6) is -11.2. The van der Waals surface area contributed by atoms with Crippen LogP contribution in [0.15, 0.2) is 63.7 Å². The number of H-pyrrole nitrogens is 1.